The van der Waals surface area contributed by atoms with Crippen molar-refractivity contribution in [3.05, 3.63) is 53.6 Å². The number of anilines is 1. The fourth-order valence-electron chi connectivity index (χ4n) is 3.58. The lowest BCUT2D eigenvalue weighted by Gasteiger charge is -2.14. The molecule has 0 aliphatic rings. The first-order valence-electron chi connectivity index (χ1n) is 13.6. The fraction of sp³-hybridized carbons (Fsp3) is 0.567. The number of unbranched alkanes of at least 4 members (excludes halogenated alkanes) is 7. The summed E-state index contributed by atoms with van der Waals surface area (Å²) in [4.78, 5) is 12.3. The van der Waals surface area contributed by atoms with Crippen molar-refractivity contribution in [2.45, 2.75) is 105 Å². The second kappa shape index (κ2) is 22.5. The van der Waals surface area contributed by atoms with E-state index in [4.69, 9.17) is 4.74 Å². The SMILES string of the molecule is CC.CC.CCc1ccccc1Oc1ccc(NC(=O)CCCCCCCCCCS)cc1CO. The minimum atomic E-state index is -0.151. The molecule has 0 radical (unpaired) electrons. The molecule has 2 aromatic carbocycles. The zero-order valence-corrected chi connectivity index (χ0v) is 23.6. The van der Waals surface area contributed by atoms with Gasteiger partial charge in [0, 0.05) is 17.7 Å². The van der Waals surface area contributed by atoms with Gasteiger partial charge in [-0.05, 0) is 54.8 Å². The van der Waals surface area contributed by atoms with Crippen LogP contribution in [0.3, 0.4) is 0 Å². The number of thiol groups is 1. The van der Waals surface area contributed by atoms with Crippen molar-refractivity contribution in [3.63, 3.8) is 0 Å². The highest BCUT2D eigenvalue weighted by Crippen LogP contribution is 2.30. The topological polar surface area (TPSA) is 58.6 Å². The number of hydrogen-bond donors (Lipinski definition) is 3. The van der Waals surface area contributed by atoms with Gasteiger partial charge in [0.2, 0.25) is 5.91 Å². The first-order chi connectivity index (χ1) is 17.2. The summed E-state index contributed by atoms with van der Waals surface area (Å²) in [5.74, 6) is 2.40. The fourth-order valence-corrected chi connectivity index (χ4v) is 3.80. The Morgan fingerprint density at radius 1 is 0.829 bits per heavy atom. The Labute approximate surface area is 220 Å². The lowest BCUT2D eigenvalue weighted by Crippen LogP contribution is -2.11. The predicted octanol–water partition coefficient (Wildman–Crippen LogP) is 8.97. The van der Waals surface area contributed by atoms with Crippen LogP contribution in [0, 0.1) is 0 Å². The van der Waals surface area contributed by atoms with Gasteiger partial charge in [0.15, 0.2) is 0 Å². The van der Waals surface area contributed by atoms with Gasteiger partial charge < -0.3 is 15.2 Å². The van der Waals surface area contributed by atoms with E-state index in [9.17, 15) is 9.90 Å². The molecule has 35 heavy (non-hydrogen) atoms. The van der Waals surface area contributed by atoms with Crippen LogP contribution in [-0.4, -0.2) is 16.8 Å². The van der Waals surface area contributed by atoms with Crippen molar-refractivity contribution in [2.24, 2.45) is 0 Å². The smallest absolute Gasteiger partial charge is 0.224 e. The number of ether oxygens (including phenoxy) is 1. The second-order valence-corrected chi connectivity index (χ2v) is 8.34. The minimum absolute atomic E-state index is 0.0164. The Balaban J connectivity index is 0.00000274. The Bertz CT molecular complexity index is 795. The zero-order valence-electron chi connectivity index (χ0n) is 22.7. The summed E-state index contributed by atoms with van der Waals surface area (Å²) in [6, 6.07) is 13.3. The molecule has 0 fully saturated rings. The molecule has 0 spiro atoms. The van der Waals surface area contributed by atoms with Crippen LogP contribution < -0.4 is 10.1 Å². The van der Waals surface area contributed by atoms with Crippen LogP contribution >= 0.6 is 12.6 Å². The van der Waals surface area contributed by atoms with Crippen LogP contribution in [0.15, 0.2) is 42.5 Å². The van der Waals surface area contributed by atoms with Gasteiger partial charge in [-0.25, -0.2) is 0 Å². The molecule has 198 valence electrons. The number of carbonyl (C=O) groups is 1. The van der Waals surface area contributed by atoms with Crippen LogP contribution in [0.25, 0.3) is 0 Å². The van der Waals surface area contributed by atoms with E-state index >= 15 is 0 Å². The van der Waals surface area contributed by atoms with Gasteiger partial charge in [0.25, 0.3) is 0 Å². The summed E-state index contributed by atoms with van der Waals surface area (Å²) in [6.07, 6.45) is 10.9. The summed E-state index contributed by atoms with van der Waals surface area (Å²) in [7, 11) is 0. The molecule has 4 nitrogen and oxygen atoms in total. The Morgan fingerprint density at radius 3 is 2.00 bits per heavy atom. The molecule has 0 saturated carbocycles. The molecule has 2 aromatic rings. The van der Waals surface area contributed by atoms with Gasteiger partial charge in [-0.3, -0.25) is 4.79 Å². The molecule has 0 heterocycles. The van der Waals surface area contributed by atoms with E-state index in [1.54, 1.807) is 12.1 Å². The first kappa shape index (κ1) is 33.0. The predicted molar refractivity (Wildman–Crippen MR) is 155 cm³/mol. The highest BCUT2D eigenvalue weighted by atomic mass is 32.1. The summed E-state index contributed by atoms with van der Waals surface area (Å²) >= 11 is 4.23. The first-order valence-corrected chi connectivity index (χ1v) is 14.2. The van der Waals surface area contributed by atoms with Crippen LogP contribution in [0.4, 0.5) is 5.69 Å². The van der Waals surface area contributed by atoms with Crippen molar-refractivity contribution in [1.82, 2.24) is 0 Å². The summed E-state index contributed by atoms with van der Waals surface area (Å²) in [6.45, 7) is 9.93. The van der Waals surface area contributed by atoms with E-state index in [1.807, 2.05) is 58.0 Å². The van der Waals surface area contributed by atoms with E-state index in [1.165, 1.54) is 38.5 Å². The van der Waals surface area contributed by atoms with E-state index in [2.05, 4.69) is 24.9 Å². The number of aryl methyl sites for hydroxylation is 1. The summed E-state index contributed by atoms with van der Waals surface area (Å²) in [5.41, 5.74) is 2.46. The molecular weight excluding hydrogens is 454 g/mol. The van der Waals surface area contributed by atoms with Crippen molar-refractivity contribution >= 4 is 24.2 Å². The quantitative estimate of drug-likeness (QED) is 0.168. The lowest BCUT2D eigenvalue weighted by atomic mass is 10.1. The normalized spacial score (nSPS) is 9.91. The molecule has 0 unspecified atom stereocenters. The highest BCUT2D eigenvalue weighted by Gasteiger charge is 2.10. The minimum Gasteiger partial charge on any atom is -0.457 e. The number of amides is 1. The average molecular weight is 504 g/mol. The van der Waals surface area contributed by atoms with Gasteiger partial charge in [-0.15, -0.1) is 0 Å². The standard InChI is InChI=1S/C26H37NO3S.2C2H6/c1-2-21-13-10-11-14-24(21)30-25-17-16-23(19-22(25)20-28)27-26(29)15-9-7-5-3-4-6-8-12-18-31;2*1-2/h10-11,13-14,16-17,19,28,31H,2-9,12,15,18,20H2,1H3,(H,27,29);2*1-2H3. The molecule has 2 N–H and O–H groups in total. The molecule has 1 amide bonds. The number of nitrogens with one attached hydrogen (secondary N) is 1. The Hall–Kier alpha value is -1.98. The van der Waals surface area contributed by atoms with Crippen molar-refractivity contribution < 1.29 is 14.6 Å². The van der Waals surface area contributed by atoms with Crippen molar-refractivity contribution in [1.29, 1.82) is 0 Å². The Morgan fingerprint density at radius 2 is 1.40 bits per heavy atom. The number of hydrogen-bond acceptors (Lipinski definition) is 4. The van der Waals surface area contributed by atoms with E-state index in [0.29, 0.717) is 23.4 Å². The number of carbonyl (C=O) groups excluding carboxylic acids is 1. The van der Waals surface area contributed by atoms with E-state index in [0.717, 1.165) is 36.3 Å². The third-order valence-corrected chi connectivity index (χ3v) is 5.72. The molecule has 2 rings (SSSR count). The van der Waals surface area contributed by atoms with Gasteiger partial charge in [0.1, 0.15) is 11.5 Å². The molecular formula is C30H49NO3S. The van der Waals surface area contributed by atoms with Crippen LogP contribution in [0.1, 0.15) is 104 Å². The monoisotopic (exact) mass is 503 g/mol. The van der Waals surface area contributed by atoms with Crippen LogP contribution in [0.5, 0.6) is 11.5 Å². The summed E-state index contributed by atoms with van der Waals surface area (Å²) in [5, 5.41) is 12.7. The van der Waals surface area contributed by atoms with Crippen molar-refractivity contribution in [3.8, 4) is 11.5 Å². The third kappa shape index (κ3) is 14.2. The van der Waals surface area contributed by atoms with Gasteiger partial charge in [-0.2, -0.15) is 12.6 Å². The molecule has 5 heteroatoms. The molecule has 0 aliphatic heterocycles. The van der Waals surface area contributed by atoms with Gasteiger partial charge in [0.05, 0.1) is 6.61 Å². The average Bonchev–Trinajstić information content (AvgIpc) is 2.91. The molecule has 0 bridgehead atoms. The van der Waals surface area contributed by atoms with Crippen LogP contribution in [0.2, 0.25) is 0 Å². The number of aliphatic hydroxyl groups excluding tert-OH is 1. The number of rotatable bonds is 15. The maximum Gasteiger partial charge on any atom is 0.224 e. The van der Waals surface area contributed by atoms with E-state index in [-0.39, 0.29) is 12.5 Å². The maximum absolute atomic E-state index is 12.3. The molecule has 0 saturated heterocycles. The van der Waals surface area contributed by atoms with Gasteiger partial charge in [-0.1, -0.05) is 91.3 Å². The van der Waals surface area contributed by atoms with Gasteiger partial charge >= 0.3 is 0 Å². The maximum atomic E-state index is 12.3. The third-order valence-electron chi connectivity index (χ3n) is 5.40. The molecule has 0 aromatic heterocycles. The largest absolute Gasteiger partial charge is 0.457 e. The molecule has 0 aliphatic carbocycles. The Kier molecular flexibility index (Phi) is 21.2. The van der Waals surface area contributed by atoms with Crippen LogP contribution in [-0.2, 0) is 17.8 Å². The van der Waals surface area contributed by atoms with Crippen molar-refractivity contribution in [2.75, 3.05) is 11.1 Å². The lowest BCUT2D eigenvalue weighted by molar-refractivity contribution is -0.116. The molecule has 0 atom stereocenters. The number of para-hydroxylation sites is 1. The highest BCUT2D eigenvalue weighted by molar-refractivity contribution is 7.80. The number of benzene rings is 2. The zero-order chi connectivity index (χ0) is 26.3. The summed E-state index contributed by atoms with van der Waals surface area (Å²) < 4.78 is 6.04. The number of aliphatic hydroxyl groups is 1. The van der Waals surface area contributed by atoms with E-state index < -0.39 is 0 Å². The second-order valence-electron chi connectivity index (χ2n) is 7.89.